The van der Waals surface area contributed by atoms with Crippen LogP contribution in [0.1, 0.15) is 18.4 Å². The largest absolute Gasteiger partial charge is 0.330 e. The lowest BCUT2D eigenvalue weighted by Gasteiger charge is -2.07. The van der Waals surface area contributed by atoms with E-state index in [-0.39, 0.29) is 11.6 Å². The number of rotatable bonds is 3. The van der Waals surface area contributed by atoms with Gasteiger partial charge in [0.1, 0.15) is 0 Å². The van der Waals surface area contributed by atoms with Crippen LogP contribution in [0.2, 0.25) is 0 Å². The Bertz CT molecular complexity index is 295. The monoisotopic (exact) mass is 180 g/mol. The number of hydrogen-bond acceptors (Lipinski definition) is 3. The number of nitrogens with zero attached hydrogens (tertiary/aromatic N) is 1. The van der Waals surface area contributed by atoms with E-state index in [4.69, 9.17) is 5.73 Å². The Morgan fingerprint density at radius 3 is 2.38 bits per heavy atom. The molecular formula is C9H12N2O2. The third-order valence-corrected chi connectivity index (χ3v) is 2.03. The average molecular weight is 180 g/mol. The van der Waals surface area contributed by atoms with Gasteiger partial charge in [0.05, 0.1) is 4.92 Å². The van der Waals surface area contributed by atoms with Gasteiger partial charge < -0.3 is 5.73 Å². The van der Waals surface area contributed by atoms with E-state index in [2.05, 4.69) is 0 Å². The first kappa shape index (κ1) is 9.67. The van der Waals surface area contributed by atoms with Crippen LogP contribution in [0.15, 0.2) is 24.3 Å². The fourth-order valence-electron chi connectivity index (χ4n) is 1.06. The molecule has 13 heavy (non-hydrogen) atoms. The van der Waals surface area contributed by atoms with Crippen molar-refractivity contribution in [3.63, 3.8) is 0 Å². The van der Waals surface area contributed by atoms with Gasteiger partial charge in [-0.1, -0.05) is 19.1 Å². The minimum atomic E-state index is -0.406. The maximum atomic E-state index is 10.3. The van der Waals surface area contributed by atoms with Gasteiger partial charge in [-0.15, -0.1) is 0 Å². The predicted octanol–water partition coefficient (Wildman–Crippen LogP) is 1.66. The zero-order valence-electron chi connectivity index (χ0n) is 7.43. The molecule has 1 atom stereocenters. The van der Waals surface area contributed by atoms with Gasteiger partial charge in [0.15, 0.2) is 0 Å². The minimum Gasteiger partial charge on any atom is -0.330 e. The summed E-state index contributed by atoms with van der Waals surface area (Å²) in [4.78, 5) is 9.93. The summed E-state index contributed by atoms with van der Waals surface area (Å²) in [7, 11) is 0. The molecule has 1 rings (SSSR count). The fourth-order valence-corrected chi connectivity index (χ4v) is 1.06. The van der Waals surface area contributed by atoms with Crippen molar-refractivity contribution in [2.24, 2.45) is 5.73 Å². The van der Waals surface area contributed by atoms with E-state index in [0.717, 1.165) is 5.56 Å². The molecule has 2 N–H and O–H groups in total. The van der Waals surface area contributed by atoms with Crippen LogP contribution in [-0.4, -0.2) is 11.5 Å². The Morgan fingerprint density at radius 1 is 1.46 bits per heavy atom. The van der Waals surface area contributed by atoms with E-state index in [1.54, 1.807) is 12.1 Å². The van der Waals surface area contributed by atoms with E-state index in [1.807, 2.05) is 6.92 Å². The van der Waals surface area contributed by atoms with Crippen LogP contribution >= 0.6 is 0 Å². The van der Waals surface area contributed by atoms with Crippen molar-refractivity contribution in [2.45, 2.75) is 12.8 Å². The fraction of sp³-hybridized carbons (Fsp3) is 0.333. The van der Waals surface area contributed by atoms with Crippen LogP contribution in [0.5, 0.6) is 0 Å². The van der Waals surface area contributed by atoms with Gasteiger partial charge in [-0.25, -0.2) is 0 Å². The summed E-state index contributed by atoms with van der Waals surface area (Å²) in [5, 5.41) is 10.3. The molecule has 0 heterocycles. The van der Waals surface area contributed by atoms with E-state index in [0.29, 0.717) is 6.54 Å². The van der Waals surface area contributed by atoms with Crippen molar-refractivity contribution in [2.75, 3.05) is 6.54 Å². The second-order valence-electron chi connectivity index (χ2n) is 2.99. The molecule has 0 fully saturated rings. The summed E-state index contributed by atoms with van der Waals surface area (Å²) in [5.41, 5.74) is 6.62. The van der Waals surface area contributed by atoms with Crippen molar-refractivity contribution in [1.82, 2.24) is 0 Å². The quantitative estimate of drug-likeness (QED) is 0.568. The molecule has 0 saturated carbocycles. The van der Waals surface area contributed by atoms with Crippen LogP contribution in [0.3, 0.4) is 0 Å². The highest BCUT2D eigenvalue weighted by molar-refractivity contribution is 5.34. The Morgan fingerprint density at radius 2 is 2.00 bits per heavy atom. The molecular weight excluding hydrogens is 168 g/mol. The minimum absolute atomic E-state index is 0.118. The number of nitro groups is 1. The van der Waals surface area contributed by atoms with Gasteiger partial charge in [0, 0.05) is 12.1 Å². The Hall–Kier alpha value is -1.42. The molecule has 0 aliphatic carbocycles. The standard InChI is InChI=1S/C9H12N2O2/c1-7(6-10)8-2-4-9(5-3-8)11(12)13/h2-5,7H,6,10H2,1H3. The third-order valence-electron chi connectivity index (χ3n) is 2.03. The highest BCUT2D eigenvalue weighted by Crippen LogP contribution is 2.17. The van der Waals surface area contributed by atoms with E-state index in [1.165, 1.54) is 12.1 Å². The highest BCUT2D eigenvalue weighted by Gasteiger charge is 2.06. The number of nitrogens with two attached hydrogens (primary N) is 1. The smallest absolute Gasteiger partial charge is 0.269 e. The molecule has 4 nitrogen and oxygen atoms in total. The van der Waals surface area contributed by atoms with Gasteiger partial charge in [0.25, 0.3) is 5.69 Å². The van der Waals surface area contributed by atoms with Gasteiger partial charge in [0.2, 0.25) is 0 Å². The molecule has 0 spiro atoms. The molecule has 70 valence electrons. The normalized spacial score (nSPS) is 12.5. The van der Waals surface area contributed by atoms with Crippen LogP contribution < -0.4 is 5.73 Å². The van der Waals surface area contributed by atoms with Crippen LogP contribution in [-0.2, 0) is 0 Å². The summed E-state index contributed by atoms with van der Waals surface area (Å²) in [6, 6.07) is 6.49. The molecule has 0 bridgehead atoms. The van der Waals surface area contributed by atoms with Crippen molar-refractivity contribution < 1.29 is 4.92 Å². The van der Waals surface area contributed by atoms with Crippen LogP contribution in [0.25, 0.3) is 0 Å². The average Bonchev–Trinajstić information content (AvgIpc) is 2.17. The molecule has 1 aromatic rings. The zero-order chi connectivity index (χ0) is 9.84. The van der Waals surface area contributed by atoms with Crippen molar-refractivity contribution in [3.8, 4) is 0 Å². The second kappa shape index (κ2) is 4.00. The molecule has 0 radical (unpaired) electrons. The molecule has 0 aliphatic rings. The maximum Gasteiger partial charge on any atom is 0.269 e. The summed E-state index contributed by atoms with van der Waals surface area (Å²) in [5.74, 6) is 0.251. The Kier molecular flexibility index (Phi) is 2.97. The molecule has 0 aromatic heterocycles. The van der Waals surface area contributed by atoms with Gasteiger partial charge >= 0.3 is 0 Å². The van der Waals surface area contributed by atoms with Crippen LogP contribution in [0.4, 0.5) is 5.69 Å². The lowest BCUT2D eigenvalue weighted by atomic mass is 10.0. The Balaban J connectivity index is 2.87. The lowest BCUT2D eigenvalue weighted by Crippen LogP contribution is -2.08. The first-order valence-corrected chi connectivity index (χ1v) is 4.09. The zero-order valence-corrected chi connectivity index (χ0v) is 7.43. The number of hydrogen-bond donors (Lipinski definition) is 1. The molecule has 4 heteroatoms. The van der Waals surface area contributed by atoms with Crippen molar-refractivity contribution in [3.05, 3.63) is 39.9 Å². The number of benzene rings is 1. The van der Waals surface area contributed by atoms with Crippen LogP contribution in [0, 0.1) is 10.1 Å². The highest BCUT2D eigenvalue weighted by atomic mass is 16.6. The van der Waals surface area contributed by atoms with Crippen molar-refractivity contribution in [1.29, 1.82) is 0 Å². The summed E-state index contributed by atoms with van der Waals surface area (Å²) >= 11 is 0. The summed E-state index contributed by atoms with van der Waals surface area (Å²) in [6.45, 7) is 2.54. The van der Waals surface area contributed by atoms with E-state index >= 15 is 0 Å². The van der Waals surface area contributed by atoms with Crippen molar-refractivity contribution >= 4 is 5.69 Å². The molecule has 0 amide bonds. The summed E-state index contributed by atoms with van der Waals surface area (Å²) in [6.07, 6.45) is 0. The number of nitro benzene ring substituents is 1. The van der Waals surface area contributed by atoms with Gasteiger partial charge in [-0.3, -0.25) is 10.1 Å². The lowest BCUT2D eigenvalue weighted by molar-refractivity contribution is -0.384. The first-order valence-electron chi connectivity index (χ1n) is 4.09. The SMILES string of the molecule is CC(CN)c1ccc([N+](=O)[O-])cc1. The van der Waals surface area contributed by atoms with E-state index in [9.17, 15) is 10.1 Å². The maximum absolute atomic E-state index is 10.3. The second-order valence-corrected chi connectivity index (χ2v) is 2.99. The third kappa shape index (κ3) is 2.26. The topological polar surface area (TPSA) is 69.2 Å². The molecule has 0 aliphatic heterocycles. The van der Waals surface area contributed by atoms with Gasteiger partial charge in [-0.05, 0) is 18.0 Å². The molecule has 0 saturated heterocycles. The molecule has 1 unspecified atom stereocenters. The predicted molar refractivity (Wildman–Crippen MR) is 50.6 cm³/mol. The Labute approximate surface area is 76.5 Å². The summed E-state index contributed by atoms with van der Waals surface area (Å²) < 4.78 is 0. The number of non-ortho nitro benzene ring substituents is 1. The first-order chi connectivity index (χ1) is 6.15. The van der Waals surface area contributed by atoms with Gasteiger partial charge in [-0.2, -0.15) is 0 Å². The molecule has 1 aromatic carbocycles. The van der Waals surface area contributed by atoms with E-state index < -0.39 is 4.92 Å².